The Morgan fingerprint density at radius 1 is 1.12 bits per heavy atom. The molecular weight excluding hydrogens is 325 g/mol. The molecule has 132 valence electrons. The first-order valence-electron chi connectivity index (χ1n) is 7.90. The van der Waals surface area contributed by atoms with E-state index in [0.29, 0.717) is 11.3 Å². The topological polar surface area (TPSA) is 64.6 Å². The van der Waals surface area contributed by atoms with Crippen molar-refractivity contribution in [2.45, 2.75) is 19.9 Å². The van der Waals surface area contributed by atoms with Crippen LogP contribution in [0.3, 0.4) is 0 Å². The first-order chi connectivity index (χ1) is 12.0. The third kappa shape index (κ3) is 6.63. The fourth-order valence-electron chi connectivity index (χ4n) is 2.06. The van der Waals surface area contributed by atoms with Crippen LogP contribution in [0.25, 0.3) is 0 Å². The highest BCUT2D eigenvalue weighted by Crippen LogP contribution is 2.12. The van der Waals surface area contributed by atoms with Crippen molar-refractivity contribution >= 4 is 11.9 Å². The van der Waals surface area contributed by atoms with Gasteiger partial charge in [0.15, 0.2) is 6.61 Å². The van der Waals surface area contributed by atoms with Gasteiger partial charge in [-0.25, -0.2) is 4.39 Å². The van der Waals surface area contributed by atoms with E-state index < -0.39 is 24.3 Å². The second kappa shape index (κ2) is 9.42. The molecule has 0 aromatic heterocycles. The number of ether oxygens (including phenoxy) is 2. The maximum atomic E-state index is 13.4. The SMILES string of the molecule is Cc1cccc(OCCC(=O)OCC(=O)NCc2ccccc2F)c1. The predicted octanol–water partition coefficient (Wildman–Crippen LogP) is 2.76. The monoisotopic (exact) mass is 345 g/mol. The van der Waals surface area contributed by atoms with Crippen LogP contribution in [0.15, 0.2) is 48.5 Å². The summed E-state index contributed by atoms with van der Waals surface area (Å²) in [5.41, 5.74) is 1.43. The molecule has 0 aliphatic heterocycles. The van der Waals surface area contributed by atoms with Crippen molar-refractivity contribution in [3.05, 3.63) is 65.5 Å². The summed E-state index contributed by atoms with van der Waals surface area (Å²) in [4.78, 5) is 23.2. The second-order valence-electron chi connectivity index (χ2n) is 5.44. The van der Waals surface area contributed by atoms with Gasteiger partial charge in [0.05, 0.1) is 13.0 Å². The van der Waals surface area contributed by atoms with E-state index >= 15 is 0 Å². The third-order valence-corrected chi connectivity index (χ3v) is 3.36. The number of carbonyl (C=O) groups excluding carboxylic acids is 2. The number of benzene rings is 2. The summed E-state index contributed by atoms with van der Waals surface area (Å²) in [5, 5.41) is 2.50. The van der Waals surface area contributed by atoms with Gasteiger partial charge < -0.3 is 14.8 Å². The molecule has 0 fully saturated rings. The standard InChI is InChI=1S/C19H20FNO4/c1-14-5-4-7-16(11-14)24-10-9-19(23)25-13-18(22)21-12-15-6-2-3-8-17(15)20/h2-8,11H,9-10,12-13H2,1H3,(H,21,22). The van der Waals surface area contributed by atoms with Crippen LogP contribution in [-0.2, 0) is 20.9 Å². The largest absolute Gasteiger partial charge is 0.493 e. The Balaban J connectivity index is 1.62. The Labute approximate surface area is 145 Å². The molecule has 2 aromatic carbocycles. The van der Waals surface area contributed by atoms with Gasteiger partial charge in [0, 0.05) is 12.1 Å². The van der Waals surface area contributed by atoms with E-state index in [0.717, 1.165) is 5.56 Å². The quantitative estimate of drug-likeness (QED) is 0.747. The summed E-state index contributed by atoms with van der Waals surface area (Å²) in [6.07, 6.45) is 0.0362. The molecule has 0 bridgehead atoms. The van der Waals surface area contributed by atoms with Gasteiger partial charge in [-0.3, -0.25) is 9.59 Å². The van der Waals surface area contributed by atoms with Crippen LogP contribution in [-0.4, -0.2) is 25.1 Å². The average molecular weight is 345 g/mol. The van der Waals surface area contributed by atoms with E-state index in [1.807, 2.05) is 25.1 Å². The summed E-state index contributed by atoms with van der Waals surface area (Å²) in [7, 11) is 0. The van der Waals surface area contributed by atoms with E-state index in [-0.39, 0.29) is 19.6 Å². The van der Waals surface area contributed by atoms with Crippen LogP contribution in [0.1, 0.15) is 17.5 Å². The van der Waals surface area contributed by atoms with Crippen molar-refractivity contribution in [2.24, 2.45) is 0 Å². The summed E-state index contributed by atoms with van der Waals surface area (Å²) >= 11 is 0. The van der Waals surface area contributed by atoms with E-state index in [4.69, 9.17) is 9.47 Å². The number of hydrogen-bond donors (Lipinski definition) is 1. The number of aryl methyl sites for hydroxylation is 1. The zero-order valence-electron chi connectivity index (χ0n) is 14.0. The molecule has 0 saturated carbocycles. The van der Waals surface area contributed by atoms with Gasteiger partial charge in [-0.1, -0.05) is 30.3 Å². The minimum absolute atomic E-state index is 0.0362. The third-order valence-electron chi connectivity index (χ3n) is 3.36. The molecule has 0 spiro atoms. The van der Waals surface area contributed by atoms with E-state index in [9.17, 15) is 14.0 Å². The first-order valence-corrected chi connectivity index (χ1v) is 7.90. The van der Waals surface area contributed by atoms with Crippen molar-refractivity contribution in [2.75, 3.05) is 13.2 Å². The Kier molecular flexibility index (Phi) is 6.95. The highest BCUT2D eigenvalue weighted by molar-refractivity contribution is 5.80. The summed E-state index contributed by atoms with van der Waals surface area (Å²) in [5.74, 6) is -0.742. The molecule has 0 aliphatic carbocycles. The Bertz CT molecular complexity index is 733. The molecule has 0 saturated heterocycles. The van der Waals surface area contributed by atoms with E-state index in [1.165, 1.54) is 6.07 Å². The van der Waals surface area contributed by atoms with E-state index in [1.54, 1.807) is 24.3 Å². The molecule has 0 aliphatic rings. The normalized spacial score (nSPS) is 10.2. The van der Waals surface area contributed by atoms with Crippen LogP contribution in [0.4, 0.5) is 4.39 Å². The molecule has 1 amide bonds. The molecule has 0 atom stereocenters. The van der Waals surface area contributed by atoms with Crippen molar-refractivity contribution in [3.63, 3.8) is 0 Å². The molecule has 2 rings (SSSR count). The van der Waals surface area contributed by atoms with Crippen LogP contribution < -0.4 is 10.1 Å². The highest BCUT2D eigenvalue weighted by Gasteiger charge is 2.09. The Hall–Kier alpha value is -2.89. The fraction of sp³-hybridized carbons (Fsp3) is 0.263. The lowest BCUT2D eigenvalue weighted by Gasteiger charge is -2.08. The van der Waals surface area contributed by atoms with Crippen molar-refractivity contribution in [1.29, 1.82) is 0 Å². The van der Waals surface area contributed by atoms with Crippen LogP contribution in [0.5, 0.6) is 5.75 Å². The van der Waals surface area contributed by atoms with Gasteiger partial charge in [0.2, 0.25) is 0 Å². The lowest BCUT2D eigenvalue weighted by atomic mass is 10.2. The van der Waals surface area contributed by atoms with Crippen molar-refractivity contribution < 1.29 is 23.5 Å². The number of amides is 1. The molecule has 0 radical (unpaired) electrons. The maximum Gasteiger partial charge on any atom is 0.309 e. The van der Waals surface area contributed by atoms with Crippen molar-refractivity contribution in [1.82, 2.24) is 5.32 Å². The summed E-state index contributed by atoms with van der Waals surface area (Å²) in [6, 6.07) is 13.6. The minimum atomic E-state index is -0.534. The summed E-state index contributed by atoms with van der Waals surface area (Å²) in [6.45, 7) is 1.75. The second-order valence-corrected chi connectivity index (χ2v) is 5.44. The van der Waals surface area contributed by atoms with Gasteiger partial charge in [0.1, 0.15) is 11.6 Å². The highest BCUT2D eigenvalue weighted by atomic mass is 19.1. The minimum Gasteiger partial charge on any atom is -0.493 e. The molecule has 0 heterocycles. The van der Waals surface area contributed by atoms with Gasteiger partial charge in [-0.05, 0) is 30.7 Å². The number of halogens is 1. The molecule has 1 N–H and O–H groups in total. The molecule has 5 nitrogen and oxygen atoms in total. The molecule has 25 heavy (non-hydrogen) atoms. The van der Waals surface area contributed by atoms with Crippen molar-refractivity contribution in [3.8, 4) is 5.75 Å². The zero-order chi connectivity index (χ0) is 18.1. The van der Waals surface area contributed by atoms with Gasteiger partial charge in [-0.2, -0.15) is 0 Å². The predicted molar refractivity (Wildman–Crippen MR) is 90.5 cm³/mol. The molecular formula is C19H20FNO4. The molecule has 6 heteroatoms. The van der Waals surface area contributed by atoms with E-state index in [2.05, 4.69) is 5.32 Å². The number of hydrogen-bond acceptors (Lipinski definition) is 4. The van der Waals surface area contributed by atoms with Crippen LogP contribution in [0.2, 0.25) is 0 Å². The van der Waals surface area contributed by atoms with Gasteiger partial charge in [-0.15, -0.1) is 0 Å². The number of carbonyl (C=O) groups is 2. The van der Waals surface area contributed by atoms with Crippen LogP contribution >= 0.6 is 0 Å². The molecule has 0 unspecified atom stereocenters. The number of esters is 1. The summed E-state index contributed by atoms with van der Waals surface area (Å²) < 4.78 is 23.7. The molecule has 2 aromatic rings. The fourth-order valence-corrected chi connectivity index (χ4v) is 2.06. The van der Waals surface area contributed by atoms with Gasteiger partial charge in [0.25, 0.3) is 5.91 Å². The zero-order valence-corrected chi connectivity index (χ0v) is 14.0. The number of rotatable bonds is 8. The average Bonchev–Trinajstić information content (AvgIpc) is 2.59. The Morgan fingerprint density at radius 2 is 1.92 bits per heavy atom. The first kappa shape index (κ1) is 18.4. The number of nitrogens with one attached hydrogen (secondary N) is 1. The smallest absolute Gasteiger partial charge is 0.309 e. The Morgan fingerprint density at radius 3 is 2.68 bits per heavy atom. The van der Waals surface area contributed by atoms with Crippen LogP contribution in [0, 0.1) is 12.7 Å². The lowest BCUT2D eigenvalue weighted by Crippen LogP contribution is -2.28. The lowest BCUT2D eigenvalue weighted by molar-refractivity contribution is -0.149. The van der Waals surface area contributed by atoms with Gasteiger partial charge >= 0.3 is 5.97 Å². The maximum absolute atomic E-state index is 13.4.